The lowest BCUT2D eigenvalue weighted by molar-refractivity contribution is -0.117. The minimum absolute atomic E-state index is 0.110. The van der Waals surface area contributed by atoms with Crippen LogP contribution < -0.4 is 15.4 Å². The minimum atomic E-state index is 0.110. The highest BCUT2D eigenvalue weighted by molar-refractivity contribution is 5.90. The molecule has 4 heteroatoms. The molecule has 0 atom stereocenters. The first kappa shape index (κ1) is 14.9. The molecule has 110 valence electrons. The van der Waals surface area contributed by atoms with E-state index in [2.05, 4.69) is 17.6 Å². The molecule has 1 saturated heterocycles. The molecule has 1 aliphatic rings. The van der Waals surface area contributed by atoms with Crippen molar-refractivity contribution in [1.29, 1.82) is 0 Å². The predicted molar refractivity (Wildman–Crippen MR) is 81.1 cm³/mol. The van der Waals surface area contributed by atoms with E-state index < -0.39 is 0 Å². The summed E-state index contributed by atoms with van der Waals surface area (Å²) in [6.07, 6.45) is 3.80. The predicted octanol–water partition coefficient (Wildman–Crippen LogP) is 2.80. The van der Waals surface area contributed by atoms with Crippen molar-refractivity contribution in [2.24, 2.45) is 5.92 Å². The molecule has 4 nitrogen and oxygen atoms in total. The van der Waals surface area contributed by atoms with Gasteiger partial charge < -0.3 is 15.4 Å². The highest BCUT2D eigenvalue weighted by atomic mass is 16.5. The number of hydrogen-bond acceptors (Lipinski definition) is 3. The third kappa shape index (κ3) is 4.85. The van der Waals surface area contributed by atoms with Crippen molar-refractivity contribution in [2.45, 2.75) is 32.6 Å². The smallest absolute Gasteiger partial charge is 0.224 e. The third-order valence-corrected chi connectivity index (χ3v) is 3.54. The molecular weight excluding hydrogens is 252 g/mol. The highest BCUT2D eigenvalue weighted by Crippen LogP contribution is 2.19. The second-order valence-corrected chi connectivity index (χ2v) is 5.32. The Morgan fingerprint density at radius 2 is 2.00 bits per heavy atom. The number of carbonyl (C=O) groups is 1. The lowest BCUT2D eigenvalue weighted by Gasteiger charge is -2.21. The van der Waals surface area contributed by atoms with E-state index in [1.807, 2.05) is 24.3 Å². The number of ether oxygens (including phenoxy) is 1. The summed E-state index contributed by atoms with van der Waals surface area (Å²) in [6.45, 7) is 4.86. The first-order chi connectivity index (χ1) is 9.78. The summed E-state index contributed by atoms with van der Waals surface area (Å²) < 4.78 is 5.52. The molecular formula is C16H24N2O2. The van der Waals surface area contributed by atoms with Gasteiger partial charge in [-0.25, -0.2) is 0 Å². The normalized spacial score (nSPS) is 15.8. The Morgan fingerprint density at radius 1 is 1.30 bits per heavy atom. The topological polar surface area (TPSA) is 50.4 Å². The number of amides is 1. The minimum Gasteiger partial charge on any atom is -0.494 e. The van der Waals surface area contributed by atoms with Crippen LogP contribution in [0.5, 0.6) is 5.75 Å². The Morgan fingerprint density at radius 3 is 2.65 bits per heavy atom. The van der Waals surface area contributed by atoms with Crippen molar-refractivity contribution in [3.8, 4) is 5.75 Å². The van der Waals surface area contributed by atoms with Crippen molar-refractivity contribution in [3.63, 3.8) is 0 Å². The van der Waals surface area contributed by atoms with Crippen molar-refractivity contribution in [2.75, 3.05) is 25.0 Å². The van der Waals surface area contributed by atoms with Gasteiger partial charge in [-0.1, -0.05) is 6.92 Å². The molecule has 0 bridgehead atoms. The number of rotatable bonds is 6. The fourth-order valence-electron chi connectivity index (χ4n) is 2.41. The van der Waals surface area contributed by atoms with Gasteiger partial charge in [0.05, 0.1) is 6.61 Å². The number of nitrogens with one attached hydrogen (secondary N) is 2. The Labute approximate surface area is 120 Å². The number of anilines is 1. The molecule has 1 fully saturated rings. The summed E-state index contributed by atoms with van der Waals surface area (Å²) >= 11 is 0. The van der Waals surface area contributed by atoms with Gasteiger partial charge in [-0.3, -0.25) is 4.79 Å². The van der Waals surface area contributed by atoms with E-state index in [1.54, 1.807) is 0 Å². The second-order valence-electron chi connectivity index (χ2n) is 5.32. The highest BCUT2D eigenvalue weighted by Gasteiger charge is 2.16. The number of piperidine rings is 1. The molecule has 0 saturated carbocycles. The Kier molecular flexibility index (Phi) is 5.87. The summed E-state index contributed by atoms with van der Waals surface area (Å²) in [6, 6.07) is 7.59. The third-order valence-electron chi connectivity index (χ3n) is 3.54. The number of hydrogen-bond donors (Lipinski definition) is 2. The van der Waals surface area contributed by atoms with Crippen LogP contribution in [0.3, 0.4) is 0 Å². The van der Waals surface area contributed by atoms with Crippen LogP contribution >= 0.6 is 0 Å². The summed E-state index contributed by atoms with van der Waals surface area (Å²) in [5.74, 6) is 1.48. The maximum Gasteiger partial charge on any atom is 0.224 e. The molecule has 1 aliphatic heterocycles. The summed E-state index contributed by atoms with van der Waals surface area (Å²) in [7, 11) is 0. The van der Waals surface area contributed by atoms with Crippen molar-refractivity contribution >= 4 is 11.6 Å². The van der Waals surface area contributed by atoms with E-state index in [0.29, 0.717) is 12.3 Å². The monoisotopic (exact) mass is 276 g/mol. The van der Waals surface area contributed by atoms with Gasteiger partial charge in [0.2, 0.25) is 5.91 Å². The SMILES string of the molecule is CCCOc1ccc(NC(=O)CC2CCNCC2)cc1. The van der Waals surface area contributed by atoms with Crippen LogP contribution in [0.4, 0.5) is 5.69 Å². The zero-order valence-corrected chi connectivity index (χ0v) is 12.2. The number of carbonyl (C=O) groups excluding carboxylic acids is 1. The Bertz CT molecular complexity index is 411. The molecule has 0 unspecified atom stereocenters. The van der Waals surface area contributed by atoms with E-state index in [4.69, 9.17) is 4.74 Å². The Balaban J connectivity index is 1.78. The largest absolute Gasteiger partial charge is 0.494 e. The molecule has 2 N–H and O–H groups in total. The first-order valence-electron chi connectivity index (χ1n) is 7.51. The van der Waals surface area contributed by atoms with Crippen LogP contribution in [0.15, 0.2) is 24.3 Å². The van der Waals surface area contributed by atoms with Crippen molar-refractivity contribution < 1.29 is 9.53 Å². The van der Waals surface area contributed by atoms with Crippen LogP contribution in [-0.4, -0.2) is 25.6 Å². The quantitative estimate of drug-likeness (QED) is 0.840. The van der Waals surface area contributed by atoms with Gasteiger partial charge in [-0.15, -0.1) is 0 Å². The van der Waals surface area contributed by atoms with Crippen molar-refractivity contribution in [1.82, 2.24) is 5.32 Å². The molecule has 0 spiro atoms. The zero-order valence-electron chi connectivity index (χ0n) is 12.2. The van der Waals surface area contributed by atoms with Gasteiger partial charge in [-0.2, -0.15) is 0 Å². The maximum absolute atomic E-state index is 12.0. The Hall–Kier alpha value is -1.55. The molecule has 0 aliphatic carbocycles. The second kappa shape index (κ2) is 7.90. The summed E-state index contributed by atoms with van der Waals surface area (Å²) in [4.78, 5) is 12.0. The molecule has 1 heterocycles. The van der Waals surface area contributed by atoms with Crippen LogP contribution in [-0.2, 0) is 4.79 Å². The summed E-state index contributed by atoms with van der Waals surface area (Å²) in [5, 5.41) is 6.27. The van der Waals surface area contributed by atoms with Crippen LogP contribution in [0.1, 0.15) is 32.6 Å². The average molecular weight is 276 g/mol. The van der Waals surface area contributed by atoms with Crippen LogP contribution in [0.25, 0.3) is 0 Å². The maximum atomic E-state index is 12.0. The van der Waals surface area contributed by atoms with Crippen LogP contribution in [0, 0.1) is 5.92 Å². The van der Waals surface area contributed by atoms with Gasteiger partial charge >= 0.3 is 0 Å². The molecule has 20 heavy (non-hydrogen) atoms. The average Bonchev–Trinajstić information content (AvgIpc) is 2.47. The van der Waals surface area contributed by atoms with Crippen molar-refractivity contribution in [3.05, 3.63) is 24.3 Å². The fraction of sp³-hybridized carbons (Fsp3) is 0.562. The van der Waals surface area contributed by atoms with E-state index in [0.717, 1.165) is 50.4 Å². The van der Waals surface area contributed by atoms with Gasteiger partial charge in [0.25, 0.3) is 0 Å². The molecule has 1 amide bonds. The van der Waals surface area contributed by atoms with Gasteiger partial charge in [-0.05, 0) is 62.5 Å². The zero-order chi connectivity index (χ0) is 14.2. The lowest BCUT2D eigenvalue weighted by atomic mass is 9.94. The lowest BCUT2D eigenvalue weighted by Crippen LogP contribution is -2.30. The molecule has 0 aromatic heterocycles. The fourth-order valence-corrected chi connectivity index (χ4v) is 2.41. The van der Waals surface area contributed by atoms with Gasteiger partial charge in [0, 0.05) is 12.1 Å². The number of benzene rings is 1. The standard InChI is InChI=1S/C16H24N2O2/c1-2-11-20-15-5-3-14(4-6-15)18-16(19)12-13-7-9-17-10-8-13/h3-6,13,17H,2,7-12H2,1H3,(H,18,19). The molecule has 1 aromatic carbocycles. The molecule has 0 radical (unpaired) electrons. The first-order valence-corrected chi connectivity index (χ1v) is 7.51. The van der Waals surface area contributed by atoms with E-state index in [9.17, 15) is 4.79 Å². The van der Waals surface area contributed by atoms with Crippen LogP contribution in [0.2, 0.25) is 0 Å². The van der Waals surface area contributed by atoms with Gasteiger partial charge in [0.1, 0.15) is 5.75 Å². The van der Waals surface area contributed by atoms with E-state index >= 15 is 0 Å². The van der Waals surface area contributed by atoms with E-state index in [-0.39, 0.29) is 5.91 Å². The molecule has 1 aromatic rings. The van der Waals surface area contributed by atoms with Gasteiger partial charge in [0.15, 0.2) is 0 Å². The molecule has 2 rings (SSSR count). The van der Waals surface area contributed by atoms with E-state index in [1.165, 1.54) is 0 Å². The summed E-state index contributed by atoms with van der Waals surface area (Å²) in [5.41, 5.74) is 0.841.